The van der Waals surface area contributed by atoms with Crippen LogP contribution in [0, 0.1) is 13.5 Å². The predicted molar refractivity (Wildman–Crippen MR) is 102 cm³/mol. The van der Waals surface area contributed by atoms with E-state index in [9.17, 15) is 13.2 Å². The third kappa shape index (κ3) is 3.47. The van der Waals surface area contributed by atoms with Gasteiger partial charge in [0.1, 0.15) is 10.6 Å². The molecule has 3 aromatic rings. The molecule has 140 valence electrons. The predicted octanol–water partition coefficient (Wildman–Crippen LogP) is 6.08. The first-order valence-corrected chi connectivity index (χ1v) is 9.22. The summed E-state index contributed by atoms with van der Waals surface area (Å²) in [6.07, 6.45) is -4.38. The molecule has 0 atom stereocenters. The number of anilines is 1. The number of rotatable bonds is 4. The Balaban J connectivity index is 2.21. The molecule has 0 bridgehead atoms. The van der Waals surface area contributed by atoms with Gasteiger partial charge in [0, 0.05) is 24.0 Å². The van der Waals surface area contributed by atoms with Crippen LogP contribution >= 0.6 is 11.3 Å². The molecule has 0 saturated heterocycles. The Morgan fingerprint density at radius 2 is 1.74 bits per heavy atom. The molecular formula is C19H17F3N4S. The second kappa shape index (κ2) is 7.16. The van der Waals surface area contributed by atoms with Gasteiger partial charge in [-0.1, -0.05) is 12.1 Å². The topological polar surface area (TPSA) is 33.4 Å². The number of fused-ring (bicyclic) bond motifs is 1. The summed E-state index contributed by atoms with van der Waals surface area (Å²) in [4.78, 5) is 15.5. The van der Waals surface area contributed by atoms with Crippen LogP contribution in [0.3, 0.4) is 0 Å². The lowest BCUT2D eigenvalue weighted by Gasteiger charge is -2.21. The summed E-state index contributed by atoms with van der Waals surface area (Å²) in [5, 5.41) is 1.39. The minimum Gasteiger partial charge on any atom is -0.357 e. The molecule has 0 aliphatic carbocycles. The number of nitrogens with zero attached hydrogens (tertiary/aromatic N) is 4. The maximum absolute atomic E-state index is 12.8. The normalized spacial score (nSPS) is 11.6. The first kappa shape index (κ1) is 19.1. The molecule has 27 heavy (non-hydrogen) atoms. The fourth-order valence-electron chi connectivity index (χ4n) is 2.90. The zero-order chi connectivity index (χ0) is 19.8. The lowest BCUT2D eigenvalue weighted by Crippen LogP contribution is -2.23. The molecule has 0 aliphatic heterocycles. The van der Waals surface area contributed by atoms with Crippen LogP contribution in [0.2, 0.25) is 0 Å². The van der Waals surface area contributed by atoms with Crippen LogP contribution in [0.25, 0.3) is 26.4 Å². The summed E-state index contributed by atoms with van der Waals surface area (Å²) in [5.41, 5.74) is 0.637. The summed E-state index contributed by atoms with van der Waals surface area (Å²) in [6.45, 7) is 14.7. The van der Waals surface area contributed by atoms with Gasteiger partial charge in [-0.2, -0.15) is 13.2 Å². The Morgan fingerprint density at radius 3 is 2.26 bits per heavy atom. The van der Waals surface area contributed by atoms with Gasteiger partial charge in [-0.05, 0) is 38.5 Å². The molecule has 0 unspecified atom stereocenters. The number of aryl methyl sites for hydroxylation is 1. The van der Waals surface area contributed by atoms with Crippen molar-refractivity contribution in [3.8, 4) is 11.4 Å². The zero-order valence-electron chi connectivity index (χ0n) is 15.1. The van der Waals surface area contributed by atoms with Crippen LogP contribution in [-0.2, 0) is 6.18 Å². The molecule has 0 saturated carbocycles. The fraction of sp³-hybridized carbons (Fsp3) is 0.316. The molecule has 2 heterocycles. The van der Waals surface area contributed by atoms with Crippen LogP contribution < -0.4 is 4.90 Å². The van der Waals surface area contributed by atoms with Crippen LogP contribution in [0.1, 0.15) is 25.0 Å². The number of thiophene rings is 1. The number of hydrogen-bond acceptors (Lipinski definition) is 4. The van der Waals surface area contributed by atoms with Crippen molar-refractivity contribution in [2.24, 2.45) is 0 Å². The highest BCUT2D eigenvalue weighted by Gasteiger charge is 2.30. The van der Waals surface area contributed by atoms with Crippen LogP contribution in [0.5, 0.6) is 0 Å². The minimum absolute atomic E-state index is 0.357. The molecule has 1 aromatic carbocycles. The number of benzene rings is 1. The Labute approximate surface area is 159 Å². The second-order valence-corrected chi connectivity index (χ2v) is 6.92. The van der Waals surface area contributed by atoms with E-state index in [0.717, 1.165) is 36.2 Å². The van der Waals surface area contributed by atoms with Crippen molar-refractivity contribution in [2.75, 3.05) is 18.0 Å². The second-order valence-electron chi connectivity index (χ2n) is 5.94. The van der Waals surface area contributed by atoms with Crippen molar-refractivity contribution in [3.63, 3.8) is 0 Å². The molecule has 0 radical (unpaired) electrons. The van der Waals surface area contributed by atoms with E-state index in [1.54, 1.807) is 0 Å². The number of hydrogen-bond donors (Lipinski definition) is 0. The largest absolute Gasteiger partial charge is 0.416 e. The molecule has 4 nitrogen and oxygen atoms in total. The van der Waals surface area contributed by atoms with E-state index in [0.29, 0.717) is 27.0 Å². The molecule has 2 aromatic heterocycles. The van der Waals surface area contributed by atoms with Crippen molar-refractivity contribution in [1.29, 1.82) is 0 Å². The maximum atomic E-state index is 12.8. The zero-order valence-corrected chi connectivity index (χ0v) is 15.9. The SMILES string of the molecule is [C-]#[N+]c1sc2nc(-c3ccc(C(F)(F)F)cc3)nc(N(CC)CC)c2c1C. The van der Waals surface area contributed by atoms with Gasteiger partial charge in [0.25, 0.3) is 0 Å². The molecule has 8 heteroatoms. The van der Waals surface area contributed by atoms with E-state index in [1.165, 1.54) is 23.5 Å². The lowest BCUT2D eigenvalue weighted by atomic mass is 10.1. The van der Waals surface area contributed by atoms with E-state index in [4.69, 9.17) is 6.57 Å². The summed E-state index contributed by atoms with van der Waals surface area (Å²) >= 11 is 1.28. The Hall–Kier alpha value is -2.66. The van der Waals surface area contributed by atoms with Gasteiger partial charge in [-0.3, -0.25) is 0 Å². The summed E-state index contributed by atoms with van der Waals surface area (Å²) in [7, 11) is 0. The molecule has 0 amide bonds. The summed E-state index contributed by atoms with van der Waals surface area (Å²) in [6, 6.07) is 4.83. The Kier molecular flexibility index (Phi) is 5.07. The molecule has 0 aliphatic rings. The van der Waals surface area contributed by atoms with Gasteiger partial charge in [0.05, 0.1) is 12.1 Å². The van der Waals surface area contributed by atoms with Crippen LogP contribution in [0.15, 0.2) is 24.3 Å². The standard InChI is InChI=1S/C19H17F3N4S/c1-5-26(6-2)16-14-11(3)17(23-4)27-18(14)25-15(24-16)12-7-9-13(10-8-12)19(20,21)22/h7-10H,5-6H2,1-3H3. The van der Waals surface area contributed by atoms with E-state index in [-0.39, 0.29) is 0 Å². The average molecular weight is 390 g/mol. The fourth-order valence-corrected chi connectivity index (χ4v) is 3.86. The highest BCUT2D eigenvalue weighted by atomic mass is 32.1. The van der Waals surface area contributed by atoms with Crippen molar-refractivity contribution in [1.82, 2.24) is 9.97 Å². The summed E-state index contributed by atoms with van der Waals surface area (Å²) in [5.74, 6) is 1.07. The highest BCUT2D eigenvalue weighted by Crippen LogP contribution is 2.41. The Morgan fingerprint density at radius 1 is 1.11 bits per heavy atom. The number of halogens is 3. The minimum atomic E-state index is -4.38. The van der Waals surface area contributed by atoms with Crippen molar-refractivity contribution in [2.45, 2.75) is 26.9 Å². The highest BCUT2D eigenvalue weighted by molar-refractivity contribution is 7.22. The smallest absolute Gasteiger partial charge is 0.357 e. The molecular weight excluding hydrogens is 373 g/mol. The third-order valence-corrected chi connectivity index (χ3v) is 5.46. The number of alkyl halides is 3. The first-order chi connectivity index (χ1) is 12.8. The van der Waals surface area contributed by atoms with Gasteiger partial charge in [-0.15, -0.1) is 11.3 Å². The quantitative estimate of drug-likeness (QED) is 0.506. The van der Waals surface area contributed by atoms with E-state index < -0.39 is 11.7 Å². The number of aromatic nitrogens is 2. The monoisotopic (exact) mass is 390 g/mol. The lowest BCUT2D eigenvalue weighted by molar-refractivity contribution is -0.137. The van der Waals surface area contributed by atoms with Crippen LogP contribution in [0.4, 0.5) is 24.0 Å². The van der Waals surface area contributed by atoms with Crippen molar-refractivity contribution in [3.05, 3.63) is 46.8 Å². The van der Waals surface area contributed by atoms with Gasteiger partial charge < -0.3 is 4.90 Å². The van der Waals surface area contributed by atoms with E-state index in [2.05, 4.69) is 19.7 Å². The molecule has 0 fully saturated rings. The average Bonchev–Trinajstić information content (AvgIpc) is 2.98. The summed E-state index contributed by atoms with van der Waals surface area (Å²) < 4.78 is 38.4. The third-order valence-electron chi connectivity index (χ3n) is 4.38. The van der Waals surface area contributed by atoms with Crippen molar-refractivity contribution < 1.29 is 13.2 Å². The molecule has 3 rings (SSSR count). The van der Waals surface area contributed by atoms with E-state index in [1.807, 2.05) is 20.8 Å². The van der Waals surface area contributed by atoms with Crippen LogP contribution in [-0.4, -0.2) is 23.1 Å². The Bertz CT molecular complexity index is 1010. The maximum Gasteiger partial charge on any atom is 0.416 e. The van der Waals surface area contributed by atoms with Crippen molar-refractivity contribution >= 4 is 32.4 Å². The molecule has 0 spiro atoms. The van der Waals surface area contributed by atoms with Gasteiger partial charge in [0.15, 0.2) is 5.82 Å². The van der Waals surface area contributed by atoms with Gasteiger partial charge in [-0.25, -0.2) is 14.8 Å². The first-order valence-electron chi connectivity index (χ1n) is 8.41. The van der Waals surface area contributed by atoms with Gasteiger partial charge >= 0.3 is 6.18 Å². The van der Waals surface area contributed by atoms with Gasteiger partial charge in [0.2, 0.25) is 5.00 Å². The molecule has 0 N–H and O–H groups in total. The van der Waals surface area contributed by atoms with E-state index >= 15 is 0 Å².